The van der Waals surface area contributed by atoms with Crippen molar-refractivity contribution >= 4 is 54.8 Å². The fourth-order valence-electron chi connectivity index (χ4n) is 2.89. The zero-order chi connectivity index (χ0) is 20.0. The Morgan fingerprint density at radius 1 is 0.929 bits per heavy atom. The molecule has 1 heterocycles. The number of nitro benzene ring substituents is 1. The lowest BCUT2D eigenvalue weighted by Gasteiger charge is -2.22. The second-order valence-corrected chi connectivity index (χ2v) is 7.72. The minimum Gasteiger partial charge on any atom is -0.454 e. The van der Waals surface area contributed by atoms with Crippen molar-refractivity contribution in [3.8, 4) is 11.5 Å². The molecule has 6 nitrogen and oxygen atoms in total. The van der Waals surface area contributed by atoms with Gasteiger partial charge in [0.1, 0.15) is 11.6 Å². The zero-order valence-electron chi connectivity index (χ0n) is 13.9. The van der Waals surface area contributed by atoms with Crippen molar-refractivity contribution in [2.45, 2.75) is 0 Å². The SMILES string of the molecule is O=C1c2cc(Br)ccc2Oc2cc([N+](=O)[O-])ccc2N1c1ccc(Br)cc1F. The van der Waals surface area contributed by atoms with E-state index in [1.807, 2.05) is 0 Å². The van der Waals surface area contributed by atoms with Gasteiger partial charge in [-0.3, -0.25) is 19.8 Å². The Morgan fingerprint density at radius 2 is 1.61 bits per heavy atom. The molecule has 0 aromatic heterocycles. The Labute approximate surface area is 174 Å². The van der Waals surface area contributed by atoms with Crippen LogP contribution in [0.5, 0.6) is 11.5 Å². The molecule has 0 saturated heterocycles. The second-order valence-electron chi connectivity index (χ2n) is 5.89. The molecule has 0 aliphatic carbocycles. The molecule has 0 spiro atoms. The number of rotatable bonds is 2. The van der Waals surface area contributed by atoms with Gasteiger partial charge in [-0.05, 0) is 42.5 Å². The lowest BCUT2D eigenvalue weighted by molar-refractivity contribution is -0.384. The predicted octanol–water partition coefficient (Wildman–Crippen LogP) is 6.34. The minimum atomic E-state index is -0.634. The highest BCUT2D eigenvalue weighted by Crippen LogP contribution is 2.45. The third kappa shape index (κ3) is 3.16. The molecule has 140 valence electrons. The quantitative estimate of drug-likeness (QED) is 0.299. The maximum Gasteiger partial charge on any atom is 0.273 e. The first-order valence-electron chi connectivity index (χ1n) is 7.90. The number of anilines is 2. The first-order valence-corrected chi connectivity index (χ1v) is 9.49. The molecule has 3 aromatic rings. The van der Waals surface area contributed by atoms with Crippen molar-refractivity contribution < 1.29 is 18.8 Å². The van der Waals surface area contributed by atoms with Crippen LogP contribution in [0.3, 0.4) is 0 Å². The Bertz CT molecular complexity index is 1150. The lowest BCUT2D eigenvalue weighted by Crippen LogP contribution is -2.26. The highest BCUT2D eigenvalue weighted by atomic mass is 79.9. The van der Waals surface area contributed by atoms with E-state index >= 15 is 0 Å². The summed E-state index contributed by atoms with van der Waals surface area (Å²) in [5, 5.41) is 11.2. The summed E-state index contributed by atoms with van der Waals surface area (Å²) in [7, 11) is 0. The molecule has 1 amide bonds. The molecular weight excluding hydrogens is 499 g/mol. The number of amides is 1. The number of hydrogen-bond acceptors (Lipinski definition) is 4. The third-order valence-corrected chi connectivity index (χ3v) is 5.13. The van der Waals surface area contributed by atoms with E-state index in [1.165, 1.54) is 30.3 Å². The van der Waals surface area contributed by atoms with E-state index in [1.54, 1.807) is 24.3 Å². The Kier molecular flexibility index (Phi) is 4.64. The monoisotopic (exact) mass is 506 g/mol. The molecular formula is C19H9Br2FN2O4. The Balaban J connectivity index is 2.00. The van der Waals surface area contributed by atoms with Crippen LogP contribution in [0.4, 0.5) is 21.5 Å². The molecule has 0 saturated carbocycles. The van der Waals surface area contributed by atoms with Crippen LogP contribution in [0.1, 0.15) is 10.4 Å². The summed E-state index contributed by atoms with van der Waals surface area (Å²) in [4.78, 5) is 25.1. The third-order valence-electron chi connectivity index (χ3n) is 4.14. The van der Waals surface area contributed by atoms with Gasteiger partial charge in [-0.25, -0.2) is 4.39 Å². The van der Waals surface area contributed by atoms with Gasteiger partial charge < -0.3 is 4.74 Å². The molecule has 28 heavy (non-hydrogen) atoms. The van der Waals surface area contributed by atoms with E-state index < -0.39 is 16.6 Å². The Morgan fingerprint density at radius 3 is 2.32 bits per heavy atom. The van der Waals surface area contributed by atoms with Crippen LogP contribution in [0.15, 0.2) is 63.5 Å². The minimum absolute atomic E-state index is 0.000251. The van der Waals surface area contributed by atoms with Crippen LogP contribution in [-0.4, -0.2) is 10.8 Å². The summed E-state index contributed by atoms with van der Waals surface area (Å²) in [5.41, 5.74) is 0.183. The van der Waals surface area contributed by atoms with Crippen LogP contribution in [-0.2, 0) is 0 Å². The molecule has 3 aromatic carbocycles. The van der Waals surface area contributed by atoms with Crippen LogP contribution in [0.2, 0.25) is 0 Å². The highest BCUT2D eigenvalue weighted by molar-refractivity contribution is 9.10. The maximum absolute atomic E-state index is 14.7. The summed E-state index contributed by atoms with van der Waals surface area (Å²) in [6.07, 6.45) is 0. The van der Waals surface area contributed by atoms with Gasteiger partial charge in [0.05, 0.1) is 27.9 Å². The fourth-order valence-corrected chi connectivity index (χ4v) is 3.59. The zero-order valence-corrected chi connectivity index (χ0v) is 17.0. The van der Waals surface area contributed by atoms with Crippen molar-refractivity contribution in [3.63, 3.8) is 0 Å². The summed E-state index contributed by atoms with van der Waals surface area (Å²) in [6, 6.07) is 12.9. The molecule has 0 fully saturated rings. The number of carbonyl (C=O) groups excluding carboxylic acids is 1. The molecule has 0 radical (unpaired) electrons. The average Bonchev–Trinajstić information content (AvgIpc) is 2.76. The van der Waals surface area contributed by atoms with Gasteiger partial charge >= 0.3 is 0 Å². The molecule has 0 bridgehead atoms. The van der Waals surface area contributed by atoms with Gasteiger partial charge in [-0.2, -0.15) is 0 Å². The van der Waals surface area contributed by atoms with Gasteiger partial charge in [-0.15, -0.1) is 0 Å². The number of nitro groups is 1. The number of carbonyl (C=O) groups is 1. The van der Waals surface area contributed by atoms with Gasteiger partial charge in [-0.1, -0.05) is 31.9 Å². The molecule has 1 aliphatic heterocycles. The van der Waals surface area contributed by atoms with Gasteiger partial charge in [0.15, 0.2) is 5.75 Å². The topological polar surface area (TPSA) is 72.7 Å². The molecule has 9 heteroatoms. The van der Waals surface area contributed by atoms with Crippen LogP contribution < -0.4 is 9.64 Å². The van der Waals surface area contributed by atoms with Gasteiger partial charge in [0.25, 0.3) is 11.6 Å². The maximum atomic E-state index is 14.7. The van der Waals surface area contributed by atoms with Crippen LogP contribution in [0, 0.1) is 15.9 Å². The largest absolute Gasteiger partial charge is 0.454 e. The van der Waals surface area contributed by atoms with Crippen molar-refractivity contribution in [3.05, 3.63) is 85.0 Å². The van der Waals surface area contributed by atoms with E-state index in [0.717, 1.165) is 4.90 Å². The van der Waals surface area contributed by atoms with Gasteiger partial charge in [0.2, 0.25) is 0 Å². The van der Waals surface area contributed by atoms with Crippen molar-refractivity contribution in [2.24, 2.45) is 0 Å². The van der Waals surface area contributed by atoms with E-state index in [2.05, 4.69) is 31.9 Å². The number of benzene rings is 3. The van der Waals surface area contributed by atoms with Crippen LogP contribution in [0.25, 0.3) is 0 Å². The fraction of sp³-hybridized carbons (Fsp3) is 0. The molecule has 1 aliphatic rings. The summed E-state index contributed by atoms with van der Waals surface area (Å²) in [6.45, 7) is 0. The van der Waals surface area contributed by atoms with E-state index in [0.29, 0.717) is 8.95 Å². The number of ether oxygens (including phenoxy) is 1. The normalized spacial score (nSPS) is 12.7. The first kappa shape index (κ1) is 18.6. The molecule has 0 N–H and O–H groups in total. The predicted molar refractivity (Wildman–Crippen MR) is 108 cm³/mol. The molecule has 0 unspecified atom stereocenters. The average molecular weight is 508 g/mol. The second kappa shape index (κ2) is 6.99. The molecule has 0 atom stereocenters. The van der Waals surface area contributed by atoms with Gasteiger partial charge in [0, 0.05) is 15.0 Å². The van der Waals surface area contributed by atoms with Crippen molar-refractivity contribution in [2.75, 3.05) is 4.90 Å². The van der Waals surface area contributed by atoms with E-state index in [9.17, 15) is 19.3 Å². The Hall–Kier alpha value is -2.78. The number of halogens is 3. The summed E-state index contributed by atoms with van der Waals surface area (Å²) >= 11 is 6.51. The van der Waals surface area contributed by atoms with E-state index in [4.69, 9.17) is 4.74 Å². The van der Waals surface area contributed by atoms with Crippen LogP contribution >= 0.6 is 31.9 Å². The number of non-ortho nitro benzene ring substituents is 1. The summed E-state index contributed by atoms with van der Waals surface area (Å²) in [5.74, 6) is -0.864. The highest BCUT2D eigenvalue weighted by Gasteiger charge is 2.32. The smallest absolute Gasteiger partial charge is 0.273 e. The first-order chi connectivity index (χ1) is 13.3. The number of fused-ring (bicyclic) bond motifs is 2. The number of hydrogen-bond donors (Lipinski definition) is 0. The summed E-state index contributed by atoms with van der Waals surface area (Å²) < 4.78 is 21.7. The van der Waals surface area contributed by atoms with Crippen molar-refractivity contribution in [1.82, 2.24) is 0 Å². The lowest BCUT2D eigenvalue weighted by atomic mass is 10.1. The number of nitrogens with zero attached hydrogens (tertiary/aromatic N) is 2. The van der Waals surface area contributed by atoms with Crippen molar-refractivity contribution in [1.29, 1.82) is 0 Å². The molecule has 4 rings (SSSR count). The van der Waals surface area contributed by atoms with E-state index in [-0.39, 0.29) is 34.1 Å². The standard InChI is InChI=1S/C19H9Br2FN2O4/c20-10-2-6-17-13(7-10)19(25)23(15-4-1-11(21)8-14(15)22)16-5-3-12(24(26)27)9-18(16)28-17/h1-9H.